The van der Waals surface area contributed by atoms with Crippen molar-refractivity contribution < 1.29 is 9.31 Å². The van der Waals surface area contributed by atoms with E-state index in [1.165, 1.54) is 4.70 Å². The largest absolute Gasteiger partial charge is 0.505 e. The lowest BCUT2D eigenvalue weighted by atomic mass is 9.87. The van der Waals surface area contributed by atoms with Crippen LogP contribution in [-0.4, -0.2) is 18.8 Å². The predicted octanol–water partition coefficient (Wildman–Crippen LogP) is 2.39. The van der Waals surface area contributed by atoms with Crippen LogP contribution in [0.25, 0.3) is 10.1 Å². The summed E-state index contributed by atoms with van der Waals surface area (Å²) in [7, 11) is -0.256. The van der Waals surface area contributed by atoms with E-state index in [1.54, 1.807) is 11.3 Å². The van der Waals surface area contributed by atoms with Gasteiger partial charge in [-0.2, -0.15) is 0 Å². The molecule has 94 valence electrons. The third-order valence-corrected chi connectivity index (χ3v) is 4.65. The van der Waals surface area contributed by atoms with Crippen LogP contribution in [0.3, 0.4) is 0 Å². The number of anilines is 1. The van der Waals surface area contributed by atoms with Crippen LogP contribution in [0.15, 0.2) is 24.3 Å². The van der Waals surface area contributed by atoms with Crippen molar-refractivity contribution in [3.63, 3.8) is 0 Å². The molecule has 1 unspecified atom stereocenters. The summed E-state index contributed by atoms with van der Waals surface area (Å²) in [6.07, 6.45) is 0.0952. The maximum absolute atomic E-state index is 5.96. The highest BCUT2D eigenvalue weighted by Gasteiger charge is 2.44. The molecule has 0 bridgehead atoms. The summed E-state index contributed by atoms with van der Waals surface area (Å²) >= 11 is 1.70. The maximum atomic E-state index is 5.96. The van der Waals surface area contributed by atoms with Gasteiger partial charge in [-0.05, 0) is 50.4 Å². The van der Waals surface area contributed by atoms with Crippen LogP contribution < -0.4 is 10.5 Å². The van der Waals surface area contributed by atoms with Gasteiger partial charge in [-0.1, -0.05) is 0 Å². The topological polar surface area (TPSA) is 44.5 Å². The highest BCUT2D eigenvalue weighted by atomic mass is 32.1. The highest BCUT2D eigenvalue weighted by Crippen LogP contribution is 2.29. The first-order valence-corrected chi connectivity index (χ1v) is 6.89. The van der Waals surface area contributed by atoms with Gasteiger partial charge >= 0.3 is 7.12 Å². The fourth-order valence-electron chi connectivity index (χ4n) is 2.07. The molecule has 1 fully saturated rings. The zero-order chi connectivity index (χ0) is 12.9. The molecule has 1 atom stereocenters. The van der Waals surface area contributed by atoms with Crippen LogP contribution in [0, 0.1) is 0 Å². The normalized spacial score (nSPS) is 22.8. The molecule has 0 amide bonds. The van der Waals surface area contributed by atoms with E-state index in [0.29, 0.717) is 0 Å². The zero-order valence-corrected chi connectivity index (χ0v) is 11.6. The molecule has 1 aromatic heterocycles. The fraction of sp³-hybridized carbons (Fsp3) is 0.385. The number of hydrogen-bond donors (Lipinski definition) is 1. The van der Waals surface area contributed by atoms with E-state index in [2.05, 4.69) is 19.9 Å². The number of nitrogens with two attached hydrogens (primary N) is 1. The van der Waals surface area contributed by atoms with E-state index in [0.717, 1.165) is 15.9 Å². The minimum atomic E-state index is -0.256. The number of fused-ring (bicyclic) bond motifs is 1. The molecule has 3 nitrogen and oxygen atoms in total. The highest BCUT2D eigenvalue weighted by molar-refractivity contribution is 7.28. The lowest BCUT2D eigenvalue weighted by Crippen LogP contribution is -2.33. The Balaban J connectivity index is 1.96. The van der Waals surface area contributed by atoms with Crippen molar-refractivity contribution in [3.8, 4) is 0 Å². The molecule has 5 heteroatoms. The molecule has 2 heterocycles. The van der Waals surface area contributed by atoms with Crippen LogP contribution >= 0.6 is 11.3 Å². The molecule has 0 saturated carbocycles. The number of thiophene rings is 1. The van der Waals surface area contributed by atoms with Crippen molar-refractivity contribution in [1.29, 1.82) is 0 Å². The van der Waals surface area contributed by atoms with Gasteiger partial charge in [0.15, 0.2) is 0 Å². The first-order chi connectivity index (χ1) is 8.45. The molecule has 0 aliphatic carbocycles. The molecule has 2 N–H and O–H groups in total. The van der Waals surface area contributed by atoms with Gasteiger partial charge in [-0.15, -0.1) is 11.3 Å². The van der Waals surface area contributed by atoms with Crippen LogP contribution in [-0.2, 0) is 9.31 Å². The summed E-state index contributed by atoms with van der Waals surface area (Å²) in [5.41, 5.74) is 6.34. The van der Waals surface area contributed by atoms with Crippen molar-refractivity contribution in [1.82, 2.24) is 0 Å². The fourth-order valence-corrected chi connectivity index (χ4v) is 3.08. The molecular formula is C13H16BNO2S. The van der Waals surface area contributed by atoms with Gasteiger partial charge in [-0.25, -0.2) is 0 Å². The second kappa shape index (κ2) is 3.98. The number of rotatable bonds is 1. The van der Waals surface area contributed by atoms with Gasteiger partial charge in [0.25, 0.3) is 0 Å². The van der Waals surface area contributed by atoms with Crippen molar-refractivity contribution in [2.24, 2.45) is 0 Å². The van der Waals surface area contributed by atoms with Crippen molar-refractivity contribution in [3.05, 3.63) is 24.3 Å². The Labute approximate surface area is 111 Å². The lowest BCUT2D eigenvalue weighted by Gasteiger charge is -2.21. The summed E-state index contributed by atoms with van der Waals surface area (Å²) in [5.74, 6) is 0. The minimum Gasteiger partial charge on any atom is -0.401 e. The number of hydrogen-bond acceptors (Lipinski definition) is 4. The van der Waals surface area contributed by atoms with Gasteiger partial charge in [0.2, 0.25) is 0 Å². The third kappa shape index (κ3) is 1.92. The van der Waals surface area contributed by atoms with Crippen LogP contribution in [0.5, 0.6) is 0 Å². The Hall–Kier alpha value is -1.04. The maximum Gasteiger partial charge on any atom is 0.505 e. The van der Waals surface area contributed by atoms with Crippen molar-refractivity contribution in [2.75, 3.05) is 5.73 Å². The Morgan fingerprint density at radius 2 is 2.11 bits per heavy atom. The molecule has 0 spiro atoms. The van der Waals surface area contributed by atoms with Crippen molar-refractivity contribution in [2.45, 2.75) is 32.5 Å². The summed E-state index contributed by atoms with van der Waals surface area (Å²) in [4.78, 5) is 0. The Morgan fingerprint density at radius 1 is 1.33 bits per heavy atom. The molecule has 1 aliphatic rings. The van der Waals surface area contributed by atoms with E-state index in [-0.39, 0.29) is 18.8 Å². The summed E-state index contributed by atoms with van der Waals surface area (Å²) < 4.78 is 14.2. The molecular weight excluding hydrogens is 245 g/mol. The Bertz CT molecular complexity index is 596. The van der Waals surface area contributed by atoms with E-state index in [1.807, 2.05) is 25.1 Å². The van der Waals surface area contributed by atoms with Crippen LogP contribution in [0.4, 0.5) is 5.69 Å². The quantitative estimate of drug-likeness (QED) is 0.633. The monoisotopic (exact) mass is 261 g/mol. The Kier molecular flexibility index (Phi) is 2.66. The smallest absolute Gasteiger partial charge is 0.401 e. The van der Waals surface area contributed by atoms with Crippen molar-refractivity contribution >= 4 is 39.0 Å². The molecule has 2 aromatic rings. The second-order valence-electron chi connectivity index (χ2n) is 5.28. The summed E-state index contributed by atoms with van der Waals surface area (Å²) in [6, 6.07) is 8.06. The van der Waals surface area contributed by atoms with E-state index < -0.39 is 0 Å². The summed E-state index contributed by atoms with van der Waals surface area (Å²) in [6.45, 7) is 6.16. The van der Waals surface area contributed by atoms with E-state index in [4.69, 9.17) is 15.0 Å². The SMILES string of the molecule is CC1OB(c2cc3cc(N)ccc3s2)OC1(C)C. The number of benzene rings is 1. The van der Waals surface area contributed by atoms with Gasteiger partial charge in [0.05, 0.1) is 11.7 Å². The standard InChI is InChI=1S/C13H16BNO2S/c1-8-13(2,3)17-14(16-8)12-7-9-6-10(15)4-5-11(9)18-12/h4-8H,15H2,1-3H3. The van der Waals surface area contributed by atoms with Gasteiger partial charge in [0, 0.05) is 15.2 Å². The predicted molar refractivity (Wildman–Crippen MR) is 77.3 cm³/mol. The first-order valence-electron chi connectivity index (χ1n) is 6.08. The number of nitrogen functional groups attached to an aromatic ring is 1. The molecule has 3 rings (SSSR count). The average molecular weight is 261 g/mol. The van der Waals surface area contributed by atoms with Gasteiger partial charge < -0.3 is 15.0 Å². The van der Waals surface area contributed by atoms with E-state index >= 15 is 0 Å². The van der Waals surface area contributed by atoms with Crippen LogP contribution in [0.1, 0.15) is 20.8 Å². The average Bonchev–Trinajstić information content (AvgIpc) is 2.80. The molecule has 18 heavy (non-hydrogen) atoms. The minimum absolute atomic E-state index is 0.0952. The second-order valence-corrected chi connectivity index (χ2v) is 6.39. The third-order valence-electron chi connectivity index (χ3n) is 3.51. The molecule has 1 aliphatic heterocycles. The molecule has 1 saturated heterocycles. The molecule has 1 aromatic carbocycles. The van der Waals surface area contributed by atoms with E-state index in [9.17, 15) is 0 Å². The Morgan fingerprint density at radius 3 is 2.78 bits per heavy atom. The zero-order valence-electron chi connectivity index (χ0n) is 10.8. The summed E-state index contributed by atoms with van der Waals surface area (Å²) in [5, 5.41) is 1.15. The van der Waals surface area contributed by atoms with Crippen LogP contribution in [0.2, 0.25) is 0 Å². The van der Waals surface area contributed by atoms with Gasteiger partial charge in [-0.3, -0.25) is 0 Å². The first kappa shape index (κ1) is 12.0. The lowest BCUT2D eigenvalue weighted by molar-refractivity contribution is 0.0842. The molecule has 0 radical (unpaired) electrons. The van der Waals surface area contributed by atoms with Gasteiger partial charge in [0.1, 0.15) is 0 Å².